The van der Waals surface area contributed by atoms with Crippen molar-refractivity contribution in [2.45, 2.75) is 39.0 Å². The number of aryl methyl sites for hydroxylation is 1. The van der Waals surface area contributed by atoms with Gasteiger partial charge in [-0.15, -0.1) is 0 Å². The van der Waals surface area contributed by atoms with Gasteiger partial charge in [0.25, 0.3) is 0 Å². The minimum Gasteiger partial charge on any atom is -0.493 e. The van der Waals surface area contributed by atoms with Crippen molar-refractivity contribution in [3.63, 3.8) is 0 Å². The summed E-state index contributed by atoms with van der Waals surface area (Å²) in [4.78, 5) is 11.1. The van der Waals surface area contributed by atoms with Gasteiger partial charge in [0.05, 0.1) is 12.5 Å². The molecule has 0 amide bonds. The zero-order chi connectivity index (χ0) is 23.3. The summed E-state index contributed by atoms with van der Waals surface area (Å²) in [6.45, 7) is 3.80. The highest BCUT2D eigenvalue weighted by molar-refractivity contribution is 5.73. The molecule has 1 aliphatic carbocycles. The molecule has 0 spiro atoms. The van der Waals surface area contributed by atoms with Crippen molar-refractivity contribution in [2.24, 2.45) is 5.92 Å². The molecule has 2 unspecified atom stereocenters. The number of hydrogen-bond acceptors (Lipinski definition) is 4. The van der Waals surface area contributed by atoms with Gasteiger partial charge in [0.1, 0.15) is 23.6 Å². The van der Waals surface area contributed by atoms with Crippen molar-refractivity contribution in [3.8, 4) is 5.75 Å². The molecule has 7 heteroatoms. The third-order valence-corrected chi connectivity index (χ3v) is 5.48. The van der Waals surface area contributed by atoms with E-state index in [1.807, 2.05) is 26.0 Å². The number of ether oxygens (including phenoxy) is 1. The molecule has 0 heterocycles. The SMILES string of the molecule is Cc1ccc(OCCc2c(F)cccc2F)c(C(O)N[C@@H](C)C2=CCC(C(=O)O)C=C2)c1. The van der Waals surface area contributed by atoms with E-state index in [-0.39, 0.29) is 24.6 Å². The van der Waals surface area contributed by atoms with Crippen LogP contribution in [0.1, 0.15) is 36.3 Å². The lowest BCUT2D eigenvalue weighted by molar-refractivity contribution is -0.139. The highest BCUT2D eigenvalue weighted by atomic mass is 19.1. The Kier molecular flexibility index (Phi) is 7.77. The van der Waals surface area contributed by atoms with Crippen molar-refractivity contribution in [1.29, 1.82) is 0 Å². The van der Waals surface area contributed by atoms with Gasteiger partial charge >= 0.3 is 5.97 Å². The fraction of sp³-hybridized carbons (Fsp3) is 0.320. The summed E-state index contributed by atoms with van der Waals surface area (Å²) < 4.78 is 33.4. The molecule has 2 aromatic carbocycles. The lowest BCUT2D eigenvalue weighted by Gasteiger charge is -2.24. The van der Waals surface area contributed by atoms with E-state index >= 15 is 0 Å². The van der Waals surface area contributed by atoms with E-state index in [0.29, 0.717) is 17.7 Å². The summed E-state index contributed by atoms with van der Waals surface area (Å²) in [7, 11) is 0. The fourth-order valence-electron chi connectivity index (χ4n) is 3.61. The number of aliphatic carboxylic acids is 1. The molecular formula is C25H27F2NO4. The highest BCUT2D eigenvalue weighted by Gasteiger charge is 2.21. The predicted molar refractivity (Wildman–Crippen MR) is 117 cm³/mol. The van der Waals surface area contributed by atoms with Gasteiger partial charge in [-0.05, 0) is 50.1 Å². The molecule has 2 aromatic rings. The Balaban J connectivity index is 1.66. The standard InChI is InChI=1S/C25H27F2NO4/c1-15-6-11-23(32-13-12-19-21(26)4-3-5-22(19)27)20(14-15)24(29)28-16(2)17-7-9-18(10-8-17)25(30)31/h3-9,11,14,16,18,24,28-29H,10,12-13H2,1-2H3,(H,30,31)/t16-,18?,24?/m0/s1. The number of carboxylic acid groups (broad SMARTS) is 1. The minimum atomic E-state index is -1.06. The summed E-state index contributed by atoms with van der Waals surface area (Å²) in [5, 5.41) is 23.0. The highest BCUT2D eigenvalue weighted by Crippen LogP contribution is 2.27. The summed E-state index contributed by atoms with van der Waals surface area (Å²) in [5.41, 5.74) is 2.27. The average Bonchev–Trinajstić information content (AvgIpc) is 2.76. The molecular weight excluding hydrogens is 416 g/mol. The van der Waals surface area contributed by atoms with Gasteiger partial charge in [0, 0.05) is 23.6 Å². The summed E-state index contributed by atoms with van der Waals surface area (Å²) in [6, 6.07) is 8.82. The maximum absolute atomic E-state index is 13.8. The average molecular weight is 443 g/mol. The Labute approximate surface area is 186 Å². The van der Waals surface area contributed by atoms with Crippen LogP contribution in [0.2, 0.25) is 0 Å². The number of hydrogen-bond donors (Lipinski definition) is 3. The molecule has 0 saturated heterocycles. The molecule has 0 saturated carbocycles. The minimum absolute atomic E-state index is 0.0378. The van der Waals surface area contributed by atoms with E-state index in [9.17, 15) is 18.7 Å². The maximum atomic E-state index is 13.8. The smallest absolute Gasteiger partial charge is 0.310 e. The van der Waals surface area contributed by atoms with Gasteiger partial charge in [-0.3, -0.25) is 10.1 Å². The van der Waals surface area contributed by atoms with Crippen LogP contribution in [0.25, 0.3) is 0 Å². The van der Waals surface area contributed by atoms with Gasteiger partial charge in [0.15, 0.2) is 0 Å². The zero-order valence-corrected chi connectivity index (χ0v) is 18.0. The predicted octanol–water partition coefficient (Wildman–Crippen LogP) is 4.45. The molecule has 1 aliphatic rings. The molecule has 5 nitrogen and oxygen atoms in total. The van der Waals surface area contributed by atoms with Crippen molar-refractivity contribution < 1.29 is 28.5 Å². The zero-order valence-electron chi connectivity index (χ0n) is 18.0. The van der Waals surface area contributed by atoms with E-state index < -0.39 is 29.7 Å². The topological polar surface area (TPSA) is 78.8 Å². The molecule has 32 heavy (non-hydrogen) atoms. The first kappa shape index (κ1) is 23.6. The van der Waals surface area contributed by atoms with E-state index in [0.717, 1.165) is 11.1 Å². The maximum Gasteiger partial charge on any atom is 0.310 e. The Morgan fingerprint density at radius 2 is 1.97 bits per heavy atom. The van der Waals surface area contributed by atoms with Crippen LogP contribution in [0.15, 0.2) is 60.2 Å². The number of nitrogens with one attached hydrogen (secondary N) is 1. The van der Waals surface area contributed by atoms with Crippen molar-refractivity contribution in [2.75, 3.05) is 6.61 Å². The molecule has 3 atom stereocenters. The summed E-state index contributed by atoms with van der Waals surface area (Å²) >= 11 is 0. The summed E-state index contributed by atoms with van der Waals surface area (Å²) in [5.74, 6) is -2.22. The monoisotopic (exact) mass is 443 g/mol. The van der Waals surface area contributed by atoms with Crippen molar-refractivity contribution in [1.82, 2.24) is 5.32 Å². The molecule has 0 fully saturated rings. The Hall–Kier alpha value is -3.03. The van der Waals surface area contributed by atoms with Crippen LogP contribution in [-0.2, 0) is 11.2 Å². The largest absolute Gasteiger partial charge is 0.493 e. The molecule has 0 radical (unpaired) electrons. The number of aliphatic hydroxyl groups excluding tert-OH is 1. The van der Waals surface area contributed by atoms with Gasteiger partial charge in [-0.2, -0.15) is 0 Å². The van der Waals surface area contributed by atoms with Crippen molar-refractivity contribution >= 4 is 5.97 Å². The first-order valence-electron chi connectivity index (χ1n) is 10.5. The van der Waals surface area contributed by atoms with Crippen LogP contribution in [-0.4, -0.2) is 28.8 Å². The van der Waals surface area contributed by atoms with Crippen LogP contribution in [0.4, 0.5) is 8.78 Å². The van der Waals surface area contributed by atoms with Gasteiger partial charge in [-0.1, -0.05) is 35.9 Å². The second-order valence-electron chi connectivity index (χ2n) is 7.87. The van der Waals surface area contributed by atoms with Crippen LogP contribution in [0.3, 0.4) is 0 Å². The third kappa shape index (κ3) is 5.81. The van der Waals surface area contributed by atoms with Gasteiger partial charge in [0.2, 0.25) is 0 Å². The van der Waals surface area contributed by atoms with E-state index in [1.54, 1.807) is 24.3 Å². The molecule has 0 bridgehead atoms. The number of carboxylic acids is 1. The summed E-state index contributed by atoms with van der Waals surface area (Å²) in [6.07, 6.45) is 4.63. The normalized spacial score (nSPS) is 17.5. The first-order chi connectivity index (χ1) is 15.3. The number of halogens is 2. The van der Waals surface area contributed by atoms with E-state index in [2.05, 4.69) is 5.32 Å². The van der Waals surface area contributed by atoms with Crippen LogP contribution in [0.5, 0.6) is 5.75 Å². The van der Waals surface area contributed by atoms with Crippen LogP contribution < -0.4 is 10.1 Å². The number of carbonyl (C=O) groups is 1. The molecule has 0 aromatic heterocycles. The van der Waals surface area contributed by atoms with Gasteiger partial charge in [-0.25, -0.2) is 8.78 Å². The van der Waals surface area contributed by atoms with E-state index in [4.69, 9.17) is 9.84 Å². The number of rotatable bonds is 9. The number of benzene rings is 2. The van der Waals surface area contributed by atoms with E-state index in [1.165, 1.54) is 18.2 Å². The lowest BCUT2D eigenvalue weighted by Crippen LogP contribution is -2.32. The molecule has 170 valence electrons. The fourth-order valence-corrected chi connectivity index (χ4v) is 3.61. The second-order valence-corrected chi connectivity index (χ2v) is 7.87. The Morgan fingerprint density at radius 3 is 2.59 bits per heavy atom. The Morgan fingerprint density at radius 1 is 1.25 bits per heavy atom. The van der Waals surface area contributed by atoms with Gasteiger partial charge < -0.3 is 14.9 Å². The van der Waals surface area contributed by atoms with Crippen LogP contribution >= 0.6 is 0 Å². The first-order valence-corrected chi connectivity index (χ1v) is 10.5. The number of aliphatic hydroxyl groups is 1. The van der Waals surface area contributed by atoms with Crippen molar-refractivity contribution in [3.05, 3.63) is 88.5 Å². The molecule has 3 N–H and O–H groups in total. The molecule has 0 aliphatic heterocycles. The Bertz CT molecular complexity index is 1010. The quantitative estimate of drug-likeness (QED) is 0.499. The number of allylic oxidation sites excluding steroid dienone is 1. The molecule has 3 rings (SSSR count). The lowest BCUT2D eigenvalue weighted by atomic mass is 9.93. The third-order valence-electron chi connectivity index (χ3n) is 5.48. The van der Waals surface area contributed by atoms with Crippen LogP contribution in [0, 0.1) is 24.5 Å². The second kappa shape index (κ2) is 10.5.